The number of para-hydroxylation sites is 1. The number of nitrogens with zero attached hydrogens (tertiary/aromatic N) is 1. The molecule has 0 fully saturated rings. The fourth-order valence-corrected chi connectivity index (χ4v) is 4.71. The molecule has 2 aromatic rings. The van der Waals surface area contributed by atoms with Gasteiger partial charge < -0.3 is 31.5 Å². The second-order valence-corrected chi connectivity index (χ2v) is 12.5. The summed E-state index contributed by atoms with van der Waals surface area (Å²) in [5.74, 6) is -3.21. The molecule has 0 aliphatic rings. The van der Waals surface area contributed by atoms with Gasteiger partial charge in [-0.05, 0) is 64.6 Å². The van der Waals surface area contributed by atoms with E-state index >= 15 is 0 Å². The number of nitrogens with one attached hydrogen (secondary N) is 3. The quantitative estimate of drug-likeness (QED) is 0.178. The summed E-state index contributed by atoms with van der Waals surface area (Å²) in [5.41, 5.74) is 5.88. The molecule has 0 saturated heterocycles. The first-order valence-corrected chi connectivity index (χ1v) is 15.3. The van der Waals surface area contributed by atoms with Crippen LogP contribution in [0.15, 0.2) is 30.5 Å². The number of carboxylic acid groups (broad SMARTS) is 1. The van der Waals surface area contributed by atoms with E-state index < -0.39 is 53.5 Å². The number of rotatable bonds is 16. The molecule has 3 amide bonds. The number of hydrogen-bond acceptors (Lipinski definition) is 7. The van der Waals surface area contributed by atoms with Gasteiger partial charge in [-0.1, -0.05) is 51.3 Å². The monoisotopic (exact) mass is 615 g/mol. The highest BCUT2D eigenvalue weighted by Gasteiger charge is 2.31. The zero-order chi connectivity index (χ0) is 33.0. The summed E-state index contributed by atoms with van der Waals surface area (Å²) in [7, 11) is 0. The van der Waals surface area contributed by atoms with Crippen molar-refractivity contribution in [2.45, 2.75) is 110 Å². The Bertz CT molecular complexity index is 1300. The first-order chi connectivity index (χ1) is 20.6. The van der Waals surface area contributed by atoms with Crippen molar-refractivity contribution >= 4 is 40.7 Å². The number of carbonyl (C=O) groups excluding carboxylic acids is 4. The Labute approximate surface area is 259 Å². The summed E-state index contributed by atoms with van der Waals surface area (Å²) in [6.07, 6.45) is 5.67. The van der Waals surface area contributed by atoms with E-state index in [1.807, 2.05) is 0 Å². The second-order valence-electron chi connectivity index (χ2n) is 12.5. The van der Waals surface area contributed by atoms with Gasteiger partial charge in [0.25, 0.3) is 0 Å². The molecule has 244 valence electrons. The number of hydrogen-bond donors (Lipinski definition) is 5. The van der Waals surface area contributed by atoms with E-state index in [1.165, 1.54) is 11.5 Å². The van der Waals surface area contributed by atoms with Crippen LogP contribution in [0.1, 0.15) is 85.6 Å². The minimum Gasteiger partial charge on any atom is -0.480 e. The number of benzene rings is 1. The van der Waals surface area contributed by atoms with Crippen LogP contribution >= 0.6 is 0 Å². The maximum absolute atomic E-state index is 13.5. The van der Waals surface area contributed by atoms with Gasteiger partial charge in [-0.25, -0.2) is 9.59 Å². The summed E-state index contributed by atoms with van der Waals surface area (Å²) in [6, 6.07) is 3.74. The number of amides is 3. The Morgan fingerprint density at radius 1 is 0.909 bits per heavy atom. The molecule has 3 atom stereocenters. The van der Waals surface area contributed by atoms with Crippen LogP contribution in [-0.4, -0.2) is 69.7 Å². The third-order valence-corrected chi connectivity index (χ3v) is 7.05. The Morgan fingerprint density at radius 3 is 2.16 bits per heavy atom. The van der Waals surface area contributed by atoms with Crippen molar-refractivity contribution in [3.05, 3.63) is 36.0 Å². The second kappa shape index (κ2) is 16.8. The van der Waals surface area contributed by atoms with Gasteiger partial charge in [-0.15, -0.1) is 0 Å². The molecule has 44 heavy (non-hydrogen) atoms. The van der Waals surface area contributed by atoms with Gasteiger partial charge in [0.1, 0.15) is 23.7 Å². The minimum atomic E-state index is -1.21. The van der Waals surface area contributed by atoms with Crippen LogP contribution in [-0.2, 0) is 30.3 Å². The molecule has 1 heterocycles. The lowest BCUT2D eigenvalue weighted by Crippen LogP contribution is -2.56. The SMILES string of the molecule is CC(C)[C@H](NC(=O)[C@@H](Cc1cn(C(=O)OC(C)(C)C)c2ccccc12)NC(=O)[C@H](C)NC(=O)CCCCCCCN)C(=O)O. The van der Waals surface area contributed by atoms with Crippen LogP contribution in [0.5, 0.6) is 0 Å². The first kappa shape index (κ1) is 36.3. The Morgan fingerprint density at radius 2 is 1.55 bits per heavy atom. The molecule has 2 rings (SSSR count). The van der Waals surface area contributed by atoms with Gasteiger partial charge in [0.05, 0.1) is 5.52 Å². The summed E-state index contributed by atoms with van der Waals surface area (Å²) in [6.45, 7) is 10.8. The van der Waals surface area contributed by atoms with Gasteiger partial charge in [0.15, 0.2) is 0 Å². The molecule has 1 aromatic carbocycles. The average molecular weight is 616 g/mol. The number of fused-ring (bicyclic) bond motifs is 1. The van der Waals surface area contributed by atoms with Crippen LogP contribution < -0.4 is 21.7 Å². The van der Waals surface area contributed by atoms with Gasteiger partial charge in [-0.2, -0.15) is 0 Å². The van der Waals surface area contributed by atoms with Crippen molar-refractivity contribution in [1.82, 2.24) is 20.5 Å². The number of unbranched alkanes of at least 4 members (excludes halogenated alkanes) is 4. The maximum Gasteiger partial charge on any atom is 0.419 e. The predicted octanol–water partition coefficient (Wildman–Crippen LogP) is 3.48. The van der Waals surface area contributed by atoms with Gasteiger partial charge in [-0.3, -0.25) is 19.0 Å². The normalized spacial score (nSPS) is 13.6. The zero-order valence-electron chi connectivity index (χ0n) is 26.8. The van der Waals surface area contributed by atoms with Gasteiger partial charge in [0.2, 0.25) is 17.7 Å². The van der Waals surface area contributed by atoms with Gasteiger partial charge >= 0.3 is 12.1 Å². The first-order valence-electron chi connectivity index (χ1n) is 15.3. The highest BCUT2D eigenvalue weighted by molar-refractivity contribution is 5.95. The molecule has 6 N–H and O–H groups in total. The van der Waals surface area contributed by atoms with E-state index in [0.29, 0.717) is 29.4 Å². The molecule has 0 unspecified atom stereocenters. The van der Waals surface area contributed by atoms with E-state index in [-0.39, 0.29) is 18.7 Å². The Kier molecular flexibility index (Phi) is 13.8. The highest BCUT2D eigenvalue weighted by atomic mass is 16.6. The van der Waals surface area contributed by atoms with Crippen LogP contribution in [0.2, 0.25) is 0 Å². The zero-order valence-corrected chi connectivity index (χ0v) is 26.8. The molecule has 0 aliphatic heterocycles. The number of carboxylic acids is 1. The molecule has 0 spiro atoms. The number of aliphatic carboxylic acids is 1. The van der Waals surface area contributed by atoms with E-state index in [1.54, 1.807) is 65.1 Å². The molecule has 12 heteroatoms. The molecule has 0 radical (unpaired) electrons. The maximum atomic E-state index is 13.5. The van der Waals surface area contributed by atoms with Crippen LogP contribution in [0.3, 0.4) is 0 Å². The summed E-state index contributed by atoms with van der Waals surface area (Å²) in [5, 5.41) is 18.2. The number of aromatic nitrogens is 1. The molecule has 0 bridgehead atoms. The number of carbonyl (C=O) groups is 5. The van der Waals surface area contributed by atoms with Crippen LogP contribution in [0.25, 0.3) is 10.9 Å². The van der Waals surface area contributed by atoms with Crippen molar-refractivity contribution in [2.24, 2.45) is 11.7 Å². The van der Waals surface area contributed by atoms with Crippen molar-refractivity contribution < 1.29 is 33.8 Å². The largest absolute Gasteiger partial charge is 0.480 e. The van der Waals surface area contributed by atoms with Crippen molar-refractivity contribution in [2.75, 3.05) is 6.54 Å². The standard InChI is InChI=1S/C32H49N5O7/c1-20(2)27(30(41)42)36-29(40)24(35-28(39)21(3)34-26(38)16-10-8-7-9-13-17-33)18-22-19-37(31(43)44-32(4,5)6)25-15-12-11-14-23(22)25/h11-12,14-15,19-21,24,27H,7-10,13,16-18,33H2,1-6H3,(H,34,38)(H,35,39)(H,36,40)(H,41,42)/t21-,24+,27-/m0/s1. The van der Waals surface area contributed by atoms with Crippen molar-refractivity contribution in [1.29, 1.82) is 0 Å². The van der Waals surface area contributed by atoms with Crippen LogP contribution in [0, 0.1) is 5.92 Å². The molecular weight excluding hydrogens is 566 g/mol. The van der Waals surface area contributed by atoms with Crippen molar-refractivity contribution in [3.8, 4) is 0 Å². The fraction of sp³-hybridized carbons (Fsp3) is 0.594. The summed E-state index contributed by atoms with van der Waals surface area (Å²) in [4.78, 5) is 64.0. The Balaban J connectivity index is 2.27. The molecule has 0 saturated carbocycles. The lowest BCUT2D eigenvalue weighted by atomic mass is 10.0. The smallest absolute Gasteiger partial charge is 0.419 e. The fourth-order valence-electron chi connectivity index (χ4n) is 4.71. The highest BCUT2D eigenvalue weighted by Crippen LogP contribution is 2.24. The summed E-state index contributed by atoms with van der Waals surface area (Å²) < 4.78 is 6.90. The van der Waals surface area contributed by atoms with E-state index in [2.05, 4.69) is 16.0 Å². The van der Waals surface area contributed by atoms with Crippen molar-refractivity contribution in [3.63, 3.8) is 0 Å². The molecule has 12 nitrogen and oxygen atoms in total. The third kappa shape index (κ3) is 11.3. The van der Waals surface area contributed by atoms with Gasteiger partial charge in [0, 0.05) is 24.4 Å². The van der Waals surface area contributed by atoms with E-state index in [9.17, 15) is 29.1 Å². The van der Waals surface area contributed by atoms with Crippen LogP contribution in [0.4, 0.5) is 4.79 Å². The summed E-state index contributed by atoms with van der Waals surface area (Å²) >= 11 is 0. The molecular formula is C32H49N5O7. The third-order valence-electron chi connectivity index (χ3n) is 7.05. The number of ether oxygens (including phenoxy) is 1. The van der Waals surface area contributed by atoms with E-state index in [0.717, 1.165) is 25.7 Å². The molecule has 1 aromatic heterocycles. The molecule has 0 aliphatic carbocycles. The minimum absolute atomic E-state index is 0.0538. The lowest BCUT2D eigenvalue weighted by Gasteiger charge is -2.24. The number of nitrogens with two attached hydrogens (primary N) is 1. The Hall–Kier alpha value is -3.93. The average Bonchev–Trinajstić information content (AvgIpc) is 3.30. The lowest BCUT2D eigenvalue weighted by molar-refractivity contribution is -0.143. The van der Waals surface area contributed by atoms with E-state index in [4.69, 9.17) is 10.5 Å². The predicted molar refractivity (Wildman–Crippen MR) is 168 cm³/mol. The topological polar surface area (TPSA) is 182 Å².